The first kappa shape index (κ1) is 14.9. The van der Waals surface area contributed by atoms with Crippen LogP contribution in [0.1, 0.15) is 48.9 Å². The molecule has 0 saturated carbocycles. The summed E-state index contributed by atoms with van der Waals surface area (Å²) < 4.78 is 3.50. The van der Waals surface area contributed by atoms with Gasteiger partial charge in [-0.2, -0.15) is 0 Å². The molecule has 0 saturated heterocycles. The van der Waals surface area contributed by atoms with Crippen LogP contribution >= 0.6 is 15.9 Å². The van der Waals surface area contributed by atoms with Crippen LogP contribution in [0.3, 0.4) is 0 Å². The molecule has 1 aliphatic carbocycles. The number of rotatable bonds is 2. The van der Waals surface area contributed by atoms with Gasteiger partial charge in [0.1, 0.15) is 0 Å². The number of aromatic nitrogens is 1. The molecule has 3 heteroatoms. The van der Waals surface area contributed by atoms with E-state index >= 15 is 0 Å². The van der Waals surface area contributed by atoms with Gasteiger partial charge < -0.3 is 9.67 Å². The Morgan fingerprint density at radius 3 is 2.76 bits per heavy atom. The summed E-state index contributed by atoms with van der Waals surface area (Å²) >= 11 is 3.63. The van der Waals surface area contributed by atoms with Gasteiger partial charge in [-0.15, -0.1) is 0 Å². The lowest BCUT2D eigenvalue weighted by Gasteiger charge is -2.34. The third-order valence-electron chi connectivity index (χ3n) is 4.49. The summed E-state index contributed by atoms with van der Waals surface area (Å²) in [4.78, 5) is 0. The Labute approximate surface area is 134 Å². The van der Waals surface area contributed by atoms with Crippen LogP contribution in [0.4, 0.5) is 0 Å². The Morgan fingerprint density at radius 2 is 2.05 bits per heavy atom. The highest BCUT2D eigenvalue weighted by atomic mass is 79.9. The molecule has 2 aromatic rings. The molecule has 0 spiro atoms. The van der Waals surface area contributed by atoms with Gasteiger partial charge in [-0.1, -0.05) is 48.0 Å². The van der Waals surface area contributed by atoms with E-state index in [0.29, 0.717) is 0 Å². The molecule has 0 aliphatic heterocycles. The number of hydrogen-bond donors (Lipinski definition) is 1. The van der Waals surface area contributed by atoms with Gasteiger partial charge in [0.15, 0.2) is 0 Å². The van der Waals surface area contributed by atoms with Crippen LogP contribution in [-0.2, 0) is 13.0 Å². The van der Waals surface area contributed by atoms with E-state index in [1.54, 1.807) is 0 Å². The van der Waals surface area contributed by atoms with Crippen LogP contribution in [0.2, 0.25) is 0 Å². The average molecular weight is 348 g/mol. The number of fused-ring (bicyclic) bond motifs is 1. The zero-order valence-corrected chi connectivity index (χ0v) is 14.4. The molecule has 3 rings (SSSR count). The topological polar surface area (TPSA) is 25.2 Å². The minimum absolute atomic E-state index is 0.156. The highest BCUT2D eigenvalue weighted by molar-refractivity contribution is 9.10. The number of halogens is 1. The van der Waals surface area contributed by atoms with E-state index in [1.807, 2.05) is 6.07 Å². The van der Waals surface area contributed by atoms with Crippen molar-refractivity contribution in [3.63, 3.8) is 0 Å². The van der Waals surface area contributed by atoms with Crippen molar-refractivity contribution < 1.29 is 5.11 Å². The van der Waals surface area contributed by atoms with Gasteiger partial charge in [-0.25, -0.2) is 0 Å². The lowest BCUT2D eigenvalue weighted by Crippen LogP contribution is -2.27. The Morgan fingerprint density at radius 1 is 1.33 bits per heavy atom. The van der Waals surface area contributed by atoms with Crippen molar-refractivity contribution in [2.24, 2.45) is 5.41 Å². The lowest BCUT2D eigenvalue weighted by molar-refractivity contribution is 0.0981. The van der Waals surface area contributed by atoms with Crippen LogP contribution in [0, 0.1) is 12.3 Å². The van der Waals surface area contributed by atoms with Crippen molar-refractivity contribution in [1.29, 1.82) is 0 Å². The van der Waals surface area contributed by atoms with Crippen molar-refractivity contribution in [1.82, 2.24) is 4.57 Å². The second kappa shape index (κ2) is 5.29. The average Bonchev–Trinajstić information content (AvgIpc) is 2.69. The quantitative estimate of drug-likeness (QED) is 0.842. The summed E-state index contributed by atoms with van der Waals surface area (Å²) in [5.74, 6) is 0. The van der Waals surface area contributed by atoms with Crippen molar-refractivity contribution >= 4 is 15.9 Å². The highest BCUT2D eigenvalue weighted by Crippen LogP contribution is 2.42. The predicted molar refractivity (Wildman–Crippen MR) is 89.5 cm³/mol. The molecule has 0 radical (unpaired) electrons. The molecular formula is C18H22BrNO. The van der Waals surface area contributed by atoms with Crippen molar-refractivity contribution in [2.75, 3.05) is 0 Å². The van der Waals surface area contributed by atoms with Gasteiger partial charge in [-0.05, 0) is 42.9 Å². The van der Waals surface area contributed by atoms with E-state index in [2.05, 4.69) is 65.5 Å². The summed E-state index contributed by atoms with van der Waals surface area (Å²) in [6.07, 6.45) is 1.54. The maximum absolute atomic E-state index is 10.4. The van der Waals surface area contributed by atoms with Gasteiger partial charge in [-0.3, -0.25) is 0 Å². The fraction of sp³-hybridized carbons (Fsp3) is 0.444. The van der Waals surface area contributed by atoms with Crippen LogP contribution in [0.15, 0.2) is 34.8 Å². The Hall–Kier alpha value is -1.06. The molecule has 1 N–H and O–H groups in total. The molecule has 21 heavy (non-hydrogen) atoms. The number of benzene rings is 1. The Balaban J connectivity index is 2.03. The summed E-state index contributed by atoms with van der Waals surface area (Å²) in [6.45, 7) is 7.47. The van der Waals surface area contributed by atoms with E-state index < -0.39 is 0 Å². The molecular weight excluding hydrogens is 326 g/mol. The van der Waals surface area contributed by atoms with E-state index in [0.717, 1.165) is 29.4 Å². The Kier molecular flexibility index (Phi) is 3.74. The molecule has 0 fully saturated rings. The summed E-state index contributed by atoms with van der Waals surface area (Å²) in [5.41, 5.74) is 5.08. The third-order valence-corrected chi connectivity index (χ3v) is 5.26. The summed E-state index contributed by atoms with van der Waals surface area (Å²) in [7, 11) is 0. The summed E-state index contributed by atoms with van der Waals surface area (Å²) in [5, 5.41) is 10.4. The smallest absolute Gasteiger partial charge is 0.0812 e. The van der Waals surface area contributed by atoms with Gasteiger partial charge in [0.25, 0.3) is 0 Å². The molecule has 2 nitrogen and oxygen atoms in total. The first-order chi connectivity index (χ1) is 9.87. The van der Waals surface area contributed by atoms with E-state index in [1.165, 1.54) is 17.0 Å². The van der Waals surface area contributed by atoms with Gasteiger partial charge in [0, 0.05) is 28.0 Å². The molecule has 1 aliphatic rings. The summed E-state index contributed by atoms with van der Waals surface area (Å²) in [6, 6.07) is 10.5. The molecule has 1 aromatic carbocycles. The molecule has 1 atom stereocenters. The predicted octanol–water partition coefficient (Wildman–Crippen LogP) is 4.61. The first-order valence-electron chi connectivity index (χ1n) is 7.48. The second-order valence-corrected chi connectivity index (χ2v) is 7.78. The molecule has 0 amide bonds. The first-order valence-corrected chi connectivity index (χ1v) is 8.27. The van der Waals surface area contributed by atoms with Crippen molar-refractivity contribution in [2.45, 2.75) is 46.3 Å². The van der Waals surface area contributed by atoms with Crippen LogP contribution < -0.4 is 0 Å². The monoisotopic (exact) mass is 347 g/mol. The standard InChI is InChI=1S/C18H22BrNO/c1-12-8-14-16(9-18(2,3)10-17(14)21)20(12)11-13-6-4-5-7-15(13)19/h4-8,17,21H,9-11H2,1-3H3. The van der Waals surface area contributed by atoms with E-state index in [9.17, 15) is 5.11 Å². The van der Waals surface area contributed by atoms with Gasteiger partial charge in [0.05, 0.1) is 6.10 Å². The number of aryl methyl sites for hydroxylation is 1. The number of nitrogens with zero attached hydrogens (tertiary/aromatic N) is 1. The fourth-order valence-corrected chi connectivity index (χ4v) is 3.83. The Bertz CT molecular complexity index is 672. The molecule has 0 bridgehead atoms. The highest BCUT2D eigenvalue weighted by Gasteiger charge is 2.34. The number of hydrogen-bond acceptors (Lipinski definition) is 1. The zero-order chi connectivity index (χ0) is 15.2. The largest absolute Gasteiger partial charge is 0.388 e. The maximum atomic E-state index is 10.4. The molecule has 1 unspecified atom stereocenters. The van der Waals surface area contributed by atoms with Crippen molar-refractivity contribution in [3.8, 4) is 0 Å². The molecule has 1 heterocycles. The minimum atomic E-state index is -0.331. The van der Waals surface area contributed by atoms with Crippen LogP contribution in [-0.4, -0.2) is 9.67 Å². The normalized spacial score (nSPS) is 20.3. The number of aliphatic hydroxyl groups is 1. The SMILES string of the molecule is Cc1cc2c(n1Cc1ccccc1Br)CC(C)(C)CC2O. The lowest BCUT2D eigenvalue weighted by atomic mass is 9.75. The van der Waals surface area contributed by atoms with Gasteiger partial charge in [0.2, 0.25) is 0 Å². The van der Waals surface area contributed by atoms with Gasteiger partial charge >= 0.3 is 0 Å². The fourth-order valence-electron chi connectivity index (χ4n) is 3.42. The second-order valence-electron chi connectivity index (χ2n) is 6.93. The van der Waals surface area contributed by atoms with Crippen LogP contribution in [0.5, 0.6) is 0 Å². The zero-order valence-electron chi connectivity index (χ0n) is 12.9. The minimum Gasteiger partial charge on any atom is -0.388 e. The van der Waals surface area contributed by atoms with E-state index in [4.69, 9.17) is 0 Å². The maximum Gasteiger partial charge on any atom is 0.0812 e. The third kappa shape index (κ3) is 2.82. The number of aliphatic hydroxyl groups excluding tert-OH is 1. The molecule has 112 valence electrons. The molecule has 1 aromatic heterocycles. The van der Waals surface area contributed by atoms with Crippen molar-refractivity contribution in [3.05, 3.63) is 57.3 Å². The van der Waals surface area contributed by atoms with E-state index in [-0.39, 0.29) is 11.5 Å². The van der Waals surface area contributed by atoms with Crippen LogP contribution in [0.25, 0.3) is 0 Å².